The van der Waals surface area contributed by atoms with Gasteiger partial charge in [-0.2, -0.15) is 0 Å². The molecule has 0 atom stereocenters. The molecule has 3 heteroatoms. The van der Waals surface area contributed by atoms with E-state index in [9.17, 15) is 0 Å². The van der Waals surface area contributed by atoms with Crippen molar-refractivity contribution in [2.75, 3.05) is 32.7 Å². The number of hydrogen-bond donors (Lipinski definition) is 1. The van der Waals surface area contributed by atoms with Gasteiger partial charge in [0.25, 0.3) is 0 Å². The van der Waals surface area contributed by atoms with Gasteiger partial charge in [0.2, 0.25) is 0 Å². The zero-order valence-corrected chi connectivity index (χ0v) is 12.7. The van der Waals surface area contributed by atoms with Gasteiger partial charge in [0.1, 0.15) is 0 Å². The highest BCUT2D eigenvalue weighted by Gasteiger charge is 2.10. The van der Waals surface area contributed by atoms with Gasteiger partial charge < -0.3 is 14.8 Å². The number of rotatable bonds is 4. The maximum Gasteiger partial charge on any atom is 0.0480 e. The Morgan fingerprint density at radius 1 is 1.20 bits per heavy atom. The van der Waals surface area contributed by atoms with Gasteiger partial charge in [-0.1, -0.05) is 11.6 Å². The second kappa shape index (κ2) is 5.98. The van der Waals surface area contributed by atoms with E-state index in [1.54, 1.807) is 0 Å². The number of nitrogens with zero attached hydrogens (tertiary/aromatic N) is 2. The van der Waals surface area contributed by atoms with E-state index in [4.69, 9.17) is 0 Å². The molecule has 3 rings (SSSR count). The number of piperazine rings is 1. The molecule has 1 aromatic heterocycles. The van der Waals surface area contributed by atoms with Gasteiger partial charge in [0, 0.05) is 50.3 Å². The van der Waals surface area contributed by atoms with E-state index in [-0.39, 0.29) is 0 Å². The van der Waals surface area contributed by atoms with Crippen molar-refractivity contribution in [1.82, 2.24) is 14.8 Å². The molecule has 108 valence electrons. The van der Waals surface area contributed by atoms with E-state index in [0.717, 1.165) is 13.1 Å². The molecule has 1 saturated heterocycles. The lowest BCUT2D eigenvalue weighted by Gasteiger charge is -2.26. The van der Waals surface area contributed by atoms with Crippen molar-refractivity contribution >= 4 is 10.9 Å². The fourth-order valence-corrected chi connectivity index (χ4v) is 3.21. The molecule has 1 aromatic carbocycles. The zero-order chi connectivity index (χ0) is 13.9. The van der Waals surface area contributed by atoms with Crippen LogP contribution in [0.5, 0.6) is 0 Å². The Balaban J connectivity index is 1.66. The van der Waals surface area contributed by atoms with Crippen molar-refractivity contribution in [3.63, 3.8) is 0 Å². The second-order valence-electron chi connectivity index (χ2n) is 5.98. The van der Waals surface area contributed by atoms with Crippen LogP contribution in [0.15, 0.2) is 24.4 Å². The molecule has 0 amide bonds. The summed E-state index contributed by atoms with van der Waals surface area (Å²) in [5.41, 5.74) is 4.21. The maximum absolute atomic E-state index is 3.41. The second-order valence-corrected chi connectivity index (χ2v) is 5.98. The van der Waals surface area contributed by atoms with Crippen molar-refractivity contribution in [1.29, 1.82) is 0 Å². The minimum atomic E-state index is 1.15. The topological polar surface area (TPSA) is 20.2 Å². The highest BCUT2D eigenvalue weighted by atomic mass is 15.2. The summed E-state index contributed by atoms with van der Waals surface area (Å²) < 4.78 is 2.26. The molecule has 2 heterocycles. The molecule has 0 spiro atoms. The van der Waals surface area contributed by atoms with Gasteiger partial charge in [-0.25, -0.2) is 0 Å². The van der Waals surface area contributed by atoms with Crippen molar-refractivity contribution in [3.05, 3.63) is 35.5 Å². The van der Waals surface area contributed by atoms with Crippen LogP contribution in [0.1, 0.15) is 17.5 Å². The van der Waals surface area contributed by atoms with E-state index in [0.29, 0.717) is 0 Å². The first-order chi connectivity index (χ1) is 9.74. The number of hydrogen-bond acceptors (Lipinski definition) is 2. The van der Waals surface area contributed by atoms with Crippen LogP contribution in [0.2, 0.25) is 0 Å². The van der Waals surface area contributed by atoms with Gasteiger partial charge in [-0.3, -0.25) is 0 Å². The smallest absolute Gasteiger partial charge is 0.0480 e. The van der Waals surface area contributed by atoms with Gasteiger partial charge in [-0.15, -0.1) is 0 Å². The molecule has 1 aliphatic heterocycles. The van der Waals surface area contributed by atoms with E-state index in [2.05, 4.69) is 53.2 Å². The number of nitrogens with one attached hydrogen (secondary N) is 1. The Bertz CT molecular complexity index is 579. The quantitative estimate of drug-likeness (QED) is 0.921. The van der Waals surface area contributed by atoms with Gasteiger partial charge in [-0.05, 0) is 44.0 Å². The first-order valence-electron chi connectivity index (χ1n) is 7.72. The molecule has 0 unspecified atom stereocenters. The largest absolute Gasteiger partial charge is 0.350 e. The van der Waals surface area contributed by atoms with Crippen LogP contribution in [0.25, 0.3) is 10.9 Å². The Morgan fingerprint density at radius 2 is 2.00 bits per heavy atom. The molecule has 1 N–H and O–H groups in total. The Morgan fingerprint density at radius 3 is 2.80 bits per heavy atom. The molecule has 0 radical (unpaired) electrons. The van der Waals surface area contributed by atoms with E-state index < -0.39 is 0 Å². The number of aromatic nitrogens is 1. The minimum Gasteiger partial charge on any atom is -0.350 e. The third kappa shape index (κ3) is 2.89. The average Bonchev–Trinajstić information content (AvgIpc) is 2.76. The molecule has 0 saturated carbocycles. The first kappa shape index (κ1) is 13.7. The predicted octanol–water partition coefficient (Wildman–Crippen LogP) is 2.32. The lowest BCUT2D eigenvalue weighted by Crippen LogP contribution is -2.43. The monoisotopic (exact) mass is 271 g/mol. The lowest BCUT2D eigenvalue weighted by atomic mass is 10.1. The van der Waals surface area contributed by atoms with Gasteiger partial charge in [0.05, 0.1) is 0 Å². The molecule has 1 fully saturated rings. The van der Waals surface area contributed by atoms with E-state index in [1.807, 2.05) is 0 Å². The van der Waals surface area contributed by atoms with Crippen LogP contribution >= 0.6 is 0 Å². The van der Waals surface area contributed by atoms with E-state index in [1.165, 1.54) is 54.5 Å². The summed E-state index contributed by atoms with van der Waals surface area (Å²) in [6.07, 6.45) is 4.75. The van der Waals surface area contributed by atoms with Crippen molar-refractivity contribution in [2.24, 2.45) is 7.05 Å². The summed E-state index contributed by atoms with van der Waals surface area (Å²) in [6, 6.07) is 6.77. The number of aryl methyl sites for hydroxylation is 3. The van der Waals surface area contributed by atoms with Crippen molar-refractivity contribution in [2.45, 2.75) is 19.8 Å². The normalized spacial score (nSPS) is 16.9. The molecular formula is C17H25N3. The van der Waals surface area contributed by atoms with Crippen LogP contribution < -0.4 is 5.32 Å². The lowest BCUT2D eigenvalue weighted by molar-refractivity contribution is 0.238. The molecule has 2 aromatic rings. The van der Waals surface area contributed by atoms with Gasteiger partial charge >= 0.3 is 0 Å². The van der Waals surface area contributed by atoms with Crippen molar-refractivity contribution < 1.29 is 0 Å². The molecular weight excluding hydrogens is 246 g/mol. The van der Waals surface area contributed by atoms with Crippen LogP contribution in [0, 0.1) is 6.92 Å². The molecule has 0 bridgehead atoms. The summed E-state index contributed by atoms with van der Waals surface area (Å²) in [5.74, 6) is 0. The number of benzene rings is 1. The molecule has 3 nitrogen and oxygen atoms in total. The van der Waals surface area contributed by atoms with Crippen LogP contribution in [0.3, 0.4) is 0 Å². The van der Waals surface area contributed by atoms with Crippen LogP contribution in [-0.2, 0) is 13.5 Å². The third-order valence-electron chi connectivity index (χ3n) is 4.36. The zero-order valence-electron chi connectivity index (χ0n) is 12.7. The summed E-state index contributed by atoms with van der Waals surface area (Å²) >= 11 is 0. The average molecular weight is 271 g/mol. The Kier molecular flexibility index (Phi) is 4.08. The third-order valence-corrected chi connectivity index (χ3v) is 4.36. The highest BCUT2D eigenvalue weighted by Crippen LogP contribution is 2.23. The summed E-state index contributed by atoms with van der Waals surface area (Å²) in [7, 11) is 2.15. The van der Waals surface area contributed by atoms with Crippen LogP contribution in [0.4, 0.5) is 0 Å². The first-order valence-corrected chi connectivity index (χ1v) is 7.72. The minimum absolute atomic E-state index is 1.15. The summed E-state index contributed by atoms with van der Waals surface area (Å²) in [5, 5.41) is 4.85. The van der Waals surface area contributed by atoms with Gasteiger partial charge in [0.15, 0.2) is 0 Å². The Labute approximate surface area is 121 Å². The predicted molar refractivity (Wildman–Crippen MR) is 85.3 cm³/mol. The highest BCUT2D eigenvalue weighted by molar-refractivity contribution is 5.84. The SMILES string of the molecule is Cc1ccc2c(c1)c(CCCN1CCNCC1)cn2C. The fraction of sp³-hybridized carbons (Fsp3) is 0.529. The standard InChI is InChI=1S/C17H25N3/c1-14-5-6-17-16(12-14)15(13-19(17)2)4-3-9-20-10-7-18-8-11-20/h5-6,12-13,18H,3-4,7-11H2,1-2H3. The molecule has 20 heavy (non-hydrogen) atoms. The summed E-state index contributed by atoms with van der Waals surface area (Å²) in [6.45, 7) is 8.10. The van der Waals surface area contributed by atoms with E-state index >= 15 is 0 Å². The molecule has 0 aliphatic carbocycles. The van der Waals surface area contributed by atoms with Crippen LogP contribution in [-0.4, -0.2) is 42.2 Å². The molecule has 1 aliphatic rings. The maximum atomic E-state index is 3.41. The van der Waals surface area contributed by atoms with Crippen molar-refractivity contribution in [3.8, 4) is 0 Å². The fourth-order valence-electron chi connectivity index (χ4n) is 3.21. The number of fused-ring (bicyclic) bond motifs is 1. The summed E-state index contributed by atoms with van der Waals surface area (Å²) in [4.78, 5) is 2.58. The Hall–Kier alpha value is -1.32.